The van der Waals surface area contributed by atoms with E-state index >= 15 is 0 Å². The van der Waals surface area contributed by atoms with Crippen molar-refractivity contribution in [3.63, 3.8) is 0 Å². The zero-order chi connectivity index (χ0) is 12.3. The van der Waals surface area contributed by atoms with Crippen molar-refractivity contribution in [3.8, 4) is 0 Å². The molecule has 1 heterocycles. The van der Waals surface area contributed by atoms with Crippen molar-refractivity contribution in [2.75, 3.05) is 11.9 Å². The molecule has 17 heavy (non-hydrogen) atoms. The highest BCUT2D eigenvalue weighted by atomic mass is 35.5. The van der Waals surface area contributed by atoms with Gasteiger partial charge in [-0.1, -0.05) is 30.9 Å². The summed E-state index contributed by atoms with van der Waals surface area (Å²) in [5.74, 6) is 0.328. The Hall–Kier alpha value is -1.07. The number of aromatic nitrogens is 2. The lowest BCUT2D eigenvalue weighted by Gasteiger charge is -2.32. The number of hydrogen-bond donors (Lipinski definition) is 3. The molecular weight excluding hydrogens is 242 g/mol. The van der Waals surface area contributed by atoms with Crippen molar-refractivity contribution in [1.29, 1.82) is 0 Å². The standard InChI is InChI=1S/C11H16ClN3O2/c12-8-9(14-7-15-10(8)16)13-6-11(17)4-2-1-3-5-11/h7,17H,1-6H2,(H2,13,14,15,16). The third kappa shape index (κ3) is 2.98. The molecule has 0 aliphatic heterocycles. The highest BCUT2D eigenvalue weighted by molar-refractivity contribution is 6.32. The van der Waals surface area contributed by atoms with Crippen LogP contribution in [0.3, 0.4) is 0 Å². The summed E-state index contributed by atoms with van der Waals surface area (Å²) in [6, 6.07) is 0. The Labute approximate surface area is 104 Å². The topological polar surface area (TPSA) is 78.0 Å². The van der Waals surface area contributed by atoms with E-state index in [1.165, 1.54) is 12.7 Å². The number of aliphatic hydroxyl groups is 1. The van der Waals surface area contributed by atoms with Gasteiger partial charge in [0.15, 0.2) is 5.82 Å². The highest BCUT2D eigenvalue weighted by Crippen LogP contribution is 2.28. The van der Waals surface area contributed by atoms with Crippen LogP contribution in [0.15, 0.2) is 11.1 Å². The molecule has 1 aliphatic rings. The van der Waals surface area contributed by atoms with Gasteiger partial charge >= 0.3 is 0 Å². The van der Waals surface area contributed by atoms with Crippen molar-refractivity contribution in [2.45, 2.75) is 37.7 Å². The van der Waals surface area contributed by atoms with E-state index in [2.05, 4.69) is 15.3 Å². The molecule has 1 saturated carbocycles. The van der Waals surface area contributed by atoms with Gasteiger partial charge in [0.1, 0.15) is 5.02 Å². The smallest absolute Gasteiger partial charge is 0.271 e. The number of aromatic amines is 1. The van der Waals surface area contributed by atoms with E-state index in [1.807, 2.05) is 0 Å². The Morgan fingerprint density at radius 1 is 1.47 bits per heavy atom. The van der Waals surface area contributed by atoms with Crippen LogP contribution in [0.4, 0.5) is 5.82 Å². The molecule has 0 aromatic carbocycles. The van der Waals surface area contributed by atoms with E-state index in [1.54, 1.807) is 0 Å². The molecule has 0 atom stereocenters. The van der Waals surface area contributed by atoms with E-state index < -0.39 is 5.60 Å². The van der Waals surface area contributed by atoms with Crippen LogP contribution in [0.1, 0.15) is 32.1 Å². The number of nitrogens with zero attached hydrogens (tertiary/aromatic N) is 1. The maximum Gasteiger partial charge on any atom is 0.271 e. The van der Waals surface area contributed by atoms with Crippen LogP contribution in [0.5, 0.6) is 0 Å². The molecule has 1 fully saturated rings. The molecule has 94 valence electrons. The molecule has 1 aromatic heterocycles. The monoisotopic (exact) mass is 257 g/mol. The van der Waals surface area contributed by atoms with Gasteiger partial charge in [0, 0.05) is 6.54 Å². The van der Waals surface area contributed by atoms with Crippen LogP contribution in [-0.4, -0.2) is 27.2 Å². The van der Waals surface area contributed by atoms with Gasteiger partial charge in [0.05, 0.1) is 11.9 Å². The second-order valence-electron chi connectivity index (χ2n) is 4.53. The number of H-pyrrole nitrogens is 1. The minimum atomic E-state index is -0.703. The second kappa shape index (κ2) is 5.06. The lowest BCUT2D eigenvalue weighted by Crippen LogP contribution is -2.39. The van der Waals surface area contributed by atoms with Crippen molar-refractivity contribution in [2.24, 2.45) is 0 Å². The van der Waals surface area contributed by atoms with Gasteiger partial charge in [-0.15, -0.1) is 0 Å². The molecular formula is C11H16ClN3O2. The third-order valence-corrected chi connectivity index (χ3v) is 3.52. The first-order valence-corrected chi connectivity index (χ1v) is 6.18. The van der Waals surface area contributed by atoms with Crippen LogP contribution in [0.25, 0.3) is 0 Å². The summed E-state index contributed by atoms with van der Waals surface area (Å²) >= 11 is 5.81. The molecule has 1 aromatic rings. The number of anilines is 1. The lowest BCUT2D eigenvalue weighted by molar-refractivity contribution is 0.0166. The zero-order valence-corrected chi connectivity index (χ0v) is 10.3. The predicted molar refractivity (Wildman–Crippen MR) is 66.4 cm³/mol. The Bertz CT molecular complexity index is 441. The fourth-order valence-electron chi connectivity index (χ4n) is 2.14. The molecule has 0 saturated heterocycles. The maximum atomic E-state index is 11.2. The van der Waals surface area contributed by atoms with Gasteiger partial charge in [-0.05, 0) is 12.8 Å². The van der Waals surface area contributed by atoms with Crippen LogP contribution in [-0.2, 0) is 0 Å². The minimum Gasteiger partial charge on any atom is -0.388 e. The quantitative estimate of drug-likeness (QED) is 0.767. The summed E-state index contributed by atoms with van der Waals surface area (Å²) in [6.07, 6.45) is 6.10. The molecule has 5 nitrogen and oxygen atoms in total. The van der Waals surface area contributed by atoms with Crippen LogP contribution < -0.4 is 10.9 Å². The molecule has 0 unspecified atom stereocenters. The molecule has 3 N–H and O–H groups in total. The Morgan fingerprint density at radius 2 is 2.18 bits per heavy atom. The molecule has 0 amide bonds. The van der Waals surface area contributed by atoms with E-state index in [0.29, 0.717) is 12.4 Å². The van der Waals surface area contributed by atoms with Crippen molar-refractivity contribution < 1.29 is 5.11 Å². The maximum absolute atomic E-state index is 11.2. The SMILES string of the molecule is O=c1[nH]cnc(NCC2(O)CCCCC2)c1Cl. The fraction of sp³-hybridized carbons (Fsp3) is 0.636. The summed E-state index contributed by atoms with van der Waals surface area (Å²) in [7, 11) is 0. The van der Waals surface area contributed by atoms with Crippen LogP contribution >= 0.6 is 11.6 Å². The van der Waals surface area contributed by atoms with Gasteiger partial charge in [0.25, 0.3) is 5.56 Å². The largest absolute Gasteiger partial charge is 0.388 e. The summed E-state index contributed by atoms with van der Waals surface area (Å²) in [6.45, 7) is 0.378. The highest BCUT2D eigenvalue weighted by Gasteiger charge is 2.29. The van der Waals surface area contributed by atoms with E-state index in [-0.39, 0.29) is 10.6 Å². The summed E-state index contributed by atoms with van der Waals surface area (Å²) in [5, 5.41) is 13.3. The molecule has 6 heteroatoms. The summed E-state index contributed by atoms with van der Waals surface area (Å²) < 4.78 is 0. The molecule has 0 spiro atoms. The number of nitrogens with one attached hydrogen (secondary N) is 2. The third-order valence-electron chi connectivity index (χ3n) is 3.17. The second-order valence-corrected chi connectivity index (χ2v) is 4.91. The average molecular weight is 258 g/mol. The minimum absolute atomic E-state index is 0.0342. The fourth-order valence-corrected chi connectivity index (χ4v) is 2.31. The number of hydrogen-bond acceptors (Lipinski definition) is 4. The molecule has 0 radical (unpaired) electrons. The summed E-state index contributed by atoms with van der Waals surface area (Å²) in [4.78, 5) is 17.6. The number of halogens is 1. The first-order chi connectivity index (χ1) is 8.11. The van der Waals surface area contributed by atoms with E-state index in [0.717, 1.165) is 25.7 Å². The van der Waals surface area contributed by atoms with E-state index in [9.17, 15) is 9.90 Å². The van der Waals surface area contributed by atoms with Gasteiger partial charge in [0.2, 0.25) is 0 Å². The predicted octanol–water partition coefficient (Wildman–Crippen LogP) is 1.53. The zero-order valence-electron chi connectivity index (χ0n) is 9.50. The normalized spacial score (nSPS) is 18.9. The lowest BCUT2D eigenvalue weighted by atomic mass is 9.85. The van der Waals surface area contributed by atoms with Gasteiger partial charge in [-0.25, -0.2) is 4.98 Å². The van der Waals surface area contributed by atoms with Gasteiger partial charge in [-0.2, -0.15) is 0 Å². The van der Waals surface area contributed by atoms with Crippen molar-refractivity contribution >= 4 is 17.4 Å². The molecule has 2 rings (SSSR count). The van der Waals surface area contributed by atoms with Crippen molar-refractivity contribution in [1.82, 2.24) is 9.97 Å². The van der Waals surface area contributed by atoms with Gasteiger partial charge < -0.3 is 15.4 Å². The van der Waals surface area contributed by atoms with E-state index in [4.69, 9.17) is 11.6 Å². The van der Waals surface area contributed by atoms with Crippen LogP contribution in [0.2, 0.25) is 5.02 Å². The Balaban J connectivity index is 2.02. The van der Waals surface area contributed by atoms with Crippen LogP contribution in [0, 0.1) is 0 Å². The average Bonchev–Trinajstić information content (AvgIpc) is 2.32. The Morgan fingerprint density at radius 3 is 2.88 bits per heavy atom. The first-order valence-electron chi connectivity index (χ1n) is 5.80. The number of rotatable bonds is 3. The molecule has 1 aliphatic carbocycles. The Kier molecular flexibility index (Phi) is 3.69. The molecule has 0 bridgehead atoms. The first kappa shape index (κ1) is 12.4. The van der Waals surface area contributed by atoms with Crippen molar-refractivity contribution in [3.05, 3.63) is 21.7 Å². The van der Waals surface area contributed by atoms with Gasteiger partial charge in [-0.3, -0.25) is 4.79 Å². The summed E-state index contributed by atoms with van der Waals surface area (Å²) in [5.41, 5.74) is -1.08.